The molecule has 2 aromatic carbocycles. The van der Waals surface area contributed by atoms with Gasteiger partial charge < -0.3 is 0 Å². The monoisotopic (exact) mass is 336 g/mol. The first kappa shape index (κ1) is 15.4. The fourth-order valence-corrected chi connectivity index (χ4v) is 2.41. The van der Waals surface area contributed by atoms with Crippen molar-refractivity contribution in [2.45, 2.75) is 13.0 Å². The van der Waals surface area contributed by atoms with E-state index in [1.54, 1.807) is 12.1 Å². The van der Waals surface area contributed by atoms with Crippen molar-refractivity contribution in [1.29, 1.82) is 0 Å². The lowest BCUT2D eigenvalue weighted by Crippen LogP contribution is -2.18. The van der Waals surface area contributed by atoms with Crippen LogP contribution in [0.15, 0.2) is 51.8 Å². The maximum absolute atomic E-state index is 13.1. The van der Waals surface area contributed by atoms with E-state index >= 15 is 0 Å². The van der Waals surface area contributed by atoms with Gasteiger partial charge in [-0.3, -0.25) is 9.09 Å². The molecule has 0 amide bonds. The summed E-state index contributed by atoms with van der Waals surface area (Å²) < 4.78 is 32.0. The lowest BCUT2D eigenvalue weighted by Gasteiger charge is -2.07. The fraction of sp³-hybridized carbons (Fsp3) is 0.125. The summed E-state index contributed by atoms with van der Waals surface area (Å²) >= 11 is 5.98. The maximum atomic E-state index is 13.1. The molecule has 3 aromatic rings. The number of aromatic nitrogens is 2. The van der Waals surface area contributed by atoms with Gasteiger partial charge in [-0.05, 0) is 35.4 Å². The number of nitrogens with zero attached hydrogens (tertiary/aromatic N) is 2. The molecule has 7 heteroatoms. The van der Waals surface area contributed by atoms with Gasteiger partial charge in [-0.25, -0.2) is 13.6 Å². The summed E-state index contributed by atoms with van der Waals surface area (Å²) in [6.07, 6.45) is 0.296. The maximum Gasteiger partial charge on any atom is 0.441 e. The van der Waals surface area contributed by atoms with Crippen LogP contribution < -0.4 is 5.76 Å². The lowest BCUT2D eigenvalue weighted by molar-refractivity contribution is 0.375. The number of hydrogen-bond acceptors (Lipinski definition) is 3. The average Bonchev–Trinajstić information content (AvgIpc) is 2.85. The molecule has 0 N–H and O–H groups in total. The number of benzene rings is 2. The zero-order valence-electron chi connectivity index (χ0n) is 11.8. The van der Waals surface area contributed by atoms with E-state index in [1.807, 2.05) is 0 Å². The summed E-state index contributed by atoms with van der Waals surface area (Å²) in [5.74, 6) is -1.06. The predicted molar refractivity (Wildman–Crippen MR) is 80.5 cm³/mol. The van der Waals surface area contributed by atoms with Gasteiger partial charge in [0.15, 0.2) is 5.82 Å². The van der Waals surface area contributed by atoms with E-state index in [0.717, 1.165) is 5.56 Å². The molecule has 0 radical (unpaired) electrons. The molecule has 0 saturated heterocycles. The molecule has 23 heavy (non-hydrogen) atoms. The van der Waals surface area contributed by atoms with Gasteiger partial charge in [-0.2, -0.15) is 0 Å². The molecule has 0 bridgehead atoms. The Bertz CT molecular complexity index is 888. The van der Waals surface area contributed by atoms with E-state index in [1.165, 1.54) is 34.9 Å². The Morgan fingerprint density at radius 1 is 1.09 bits per heavy atom. The van der Waals surface area contributed by atoms with E-state index in [-0.39, 0.29) is 17.4 Å². The first-order valence-corrected chi connectivity index (χ1v) is 7.14. The molecule has 0 aliphatic rings. The van der Waals surface area contributed by atoms with E-state index in [9.17, 15) is 13.6 Å². The van der Waals surface area contributed by atoms with Gasteiger partial charge in [-0.15, -0.1) is 0 Å². The third-order valence-electron chi connectivity index (χ3n) is 3.38. The Labute approximate surface area is 134 Å². The van der Waals surface area contributed by atoms with E-state index < -0.39 is 11.6 Å². The van der Waals surface area contributed by atoms with Crippen molar-refractivity contribution in [2.75, 3.05) is 0 Å². The van der Waals surface area contributed by atoms with Crippen molar-refractivity contribution < 1.29 is 13.3 Å². The molecule has 0 spiro atoms. The Kier molecular flexibility index (Phi) is 4.25. The Hall–Kier alpha value is -2.47. The number of rotatable bonds is 4. The zero-order chi connectivity index (χ0) is 16.4. The topological polar surface area (TPSA) is 48.0 Å². The Morgan fingerprint density at radius 3 is 2.48 bits per heavy atom. The Balaban J connectivity index is 1.89. The molecule has 1 aromatic heterocycles. The summed E-state index contributed by atoms with van der Waals surface area (Å²) in [7, 11) is 0. The second-order valence-corrected chi connectivity index (χ2v) is 5.40. The van der Waals surface area contributed by atoms with Crippen LogP contribution in [0.25, 0.3) is 0 Å². The highest BCUT2D eigenvalue weighted by Crippen LogP contribution is 2.19. The molecule has 3 rings (SSSR count). The molecular weight excluding hydrogens is 326 g/mol. The summed E-state index contributed by atoms with van der Waals surface area (Å²) in [5, 5.41) is 3.96. The van der Waals surface area contributed by atoms with E-state index in [2.05, 4.69) is 5.16 Å². The second-order valence-electron chi connectivity index (χ2n) is 4.99. The first-order chi connectivity index (χ1) is 11.0. The van der Waals surface area contributed by atoms with Crippen molar-refractivity contribution in [3.8, 4) is 0 Å². The van der Waals surface area contributed by atoms with Crippen LogP contribution in [0.1, 0.15) is 17.0 Å². The number of halogens is 3. The zero-order valence-corrected chi connectivity index (χ0v) is 12.6. The van der Waals surface area contributed by atoms with Crippen LogP contribution in [0, 0.1) is 11.6 Å². The molecule has 0 unspecified atom stereocenters. The van der Waals surface area contributed by atoms with Gasteiger partial charge in [0.2, 0.25) is 0 Å². The standard InChI is InChI=1S/C16H11ClF2N2O2/c17-14-8-13(19)6-3-11(14)9-21-15(20-23-16(21)22)7-10-1-4-12(18)5-2-10/h1-6,8H,7,9H2. The van der Waals surface area contributed by atoms with Crippen LogP contribution in [-0.2, 0) is 13.0 Å². The highest BCUT2D eigenvalue weighted by molar-refractivity contribution is 6.31. The third-order valence-corrected chi connectivity index (χ3v) is 3.73. The van der Waals surface area contributed by atoms with E-state index in [4.69, 9.17) is 16.1 Å². The molecule has 1 heterocycles. The van der Waals surface area contributed by atoms with Gasteiger partial charge in [0.1, 0.15) is 11.6 Å². The molecule has 118 valence electrons. The first-order valence-electron chi connectivity index (χ1n) is 6.76. The van der Waals surface area contributed by atoms with Gasteiger partial charge in [0.05, 0.1) is 6.54 Å². The minimum absolute atomic E-state index is 0.109. The molecule has 0 fully saturated rings. The molecule has 0 aliphatic carbocycles. The quantitative estimate of drug-likeness (QED) is 0.733. The van der Waals surface area contributed by atoms with Gasteiger partial charge in [-0.1, -0.05) is 35.0 Å². The van der Waals surface area contributed by atoms with Crippen LogP contribution in [0.5, 0.6) is 0 Å². The normalized spacial score (nSPS) is 10.9. The van der Waals surface area contributed by atoms with Crippen LogP contribution in [0.3, 0.4) is 0 Å². The molecule has 4 nitrogen and oxygen atoms in total. The fourth-order valence-electron chi connectivity index (χ4n) is 2.18. The minimum Gasteiger partial charge on any atom is -0.296 e. The summed E-state index contributed by atoms with van der Waals surface area (Å²) in [5.41, 5.74) is 1.34. The van der Waals surface area contributed by atoms with Gasteiger partial charge >= 0.3 is 5.76 Å². The van der Waals surface area contributed by atoms with E-state index in [0.29, 0.717) is 17.8 Å². The summed E-state index contributed by atoms with van der Waals surface area (Å²) in [4.78, 5) is 11.8. The van der Waals surface area contributed by atoms with Crippen LogP contribution in [0.2, 0.25) is 5.02 Å². The van der Waals surface area contributed by atoms with Crippen LogP contribution >= 0.6 is 11.6 Å². The van der Waals surface area contributed by atoms with Crippen LogP contribution in [0.4, 0.5) is 8.78 Å². The second kappa shape index (κ2) is 6.34. The Morgan fingerprint density at radius 2 is 1.78 bits per heavy atom. The van der Waals surface area contributed by atoms with Crippen molar-refractivity contribution in [2.24, 2.45) is 0 Å². The predicted octanol–water partition coefficient (Wildman–Crippen LogP) is 3.41. The largest absolute Gasteiger partial charge is 0.441 e. The smallest absolute Gasteiger partial charge is 0.296 e. The van der Waals surface area contributed by atoms with Crippen molar-refractivity contribution in [3.05, 3.63) is 86.6 Å². The highest BCUT2D eigenvalue weighted by Gasteiger charge is 2.13. The lowest BCUT2D eigenvalue weighted by atomic mass is 10.1. The number of hydrogen-bond donors (Lipinski definition) is 0. The third kappa shape index (κ3) is 3.48. The summed E-state index contributed by atoms with van der Waals surface area (Å²) in [6.45, 7) is 0.109. The van der Waals surface area contributed by atoms with Gasteiger partial charge in [0, 0.05) is 11.4 Å². The molecule has 0 atom stereocenters. The summed E-state index contributed by atoms with van der Waals surface area (Å²) in [6, 6.07) is 9.80. The van der Waals surface area contributed by atoms with Gasteiger partial charge in [0.25, 0.3) is 0 Å². The molecular formula is C16H11ClF2N2O2. The molecule has 0 aliphatic heterocycles. The average molecular weight is 337 g/mol. The minimum atomic E-state index is -0.637. The molecule has 0 saturated carbocycles. The van der Waals surface area contributed by atoms with Crippen molar-refractivity contribution >= 4 is 11.6 Å². The highest BCUT2D eigenvalue weighted by atomic mass is 35.5. The van der Waals surface area contributed by atoms with Crippen molar-refractivity contribution in [1.82, 2.24) is 9.72 Å². The SMILES string of the molecule is O=c1onc(Cc2ccc(F)cc2)n1Cc1ccc(F)cc1Cl. The van der Waals surface area contributed by atoms with Crippen LogP contribution in [-0.4, -0.2) is 9.72 Å². The van der Waals surface area contributed by atoms with Crippen molar-refractivity contribution in [3.63, 3.8) is 0 Å².